The van der Waals surface area contributed by atoms with Gasteiger partial charge in [-0.3, -0.25) is 4.79 Å². The number of carbonyl (C=O) groups is 1. The summed E-state index contributed by atoms with van der Waals surface area (Å²) in [5.74, 6) is 1.65. The van der Waals surface area contributed by atoms with Crippen LogP contribution < -0.4 is 0 Å². The van der Waals surface area contributed by atoms with Crippen LogP contribution in [-0.2, 0) is 14.1 Å². The summed E-state index contributed by atoms with van der Waals surface area (Å²) in [5.41, 5.74) is 0. The van der Waals surface area contributed by atoms with Crippen molar-refractivity contribution in [2.45, 2.75) is 0 Å². The van der Waals surface area contributed by atoms with Gasteiger partial charge in [0, 0.05) is 12.3 Å². The molecule has 0 fully saturated rings. The molecule has 3 nitrogen and oxygen atoms in total. The van der Waals surface area contributed by atoms with Gasteiger partial charge in [-0.05, 0) is 0 Å². The summed E-state index contributed by atoms with van der Waals surface area (Å²) >= 11 is 0. The second-order valence-corrected chi connectivity index (χ2v) is 6.19. The minimum absolute atomic E-state index is 0.0823. The molecule has 0 aromatic carbocycles. The van der Waals surface area contributed by atoms with E-state index in [-0.39, 0.29) is 12.8 Å². The molecule has 0 aliphatic heterocycles. The van der Waals surface area contributed by atoms with E-state index in [1.54, 1.807) is 12.2 Å². The van der Waals surface area contributed by atoms with Gasteiger partial charge in [0.2, 0.25) is 0 Å². The van der Waals surface area contributed by atoms with Crippen molar-refractivity contribution in [3.8, 4) is 12.3 Å². The number of allylic oxidation sites excluding steroid dienone is 2. The maximum absolute atomic E-state index is 12.1. The first-order valence-electron chi connectivity index (χ1n) is 4.46. The zero-order valence-electron chi connectivity index (χ0n) is 8.65. The third-order valence-corrected chi connectivity index (χ3v) is 4.34. The number of terminal acetylenes is 1. The van der Waals surface area contributed by atoms with Crippen molar-refractivity contribution in [2.24, 2.45) is 0 Å². The summed E-state index contributed by atoms with van der Waals surface area (Å²) in [5, 5.41) is 0. The first-order valence-corrected chi connectivity index (χ1v) is 6.72. The second kappa shape index (κ2) is 7.09. The third-order valence-electron chi connectivity index (χ3n) is 1.66. The Kier molecular flexibility index (Phi) is 6.49. The average molecular weight is 226 g/mol. The zero-order chi connectivity index (χ0) is 11.7. The number of carbonyl (C=O) groups excluding carboxylic acids is 1. The Hall–Kier alpha value is -1.26. The average Bonchev–Trinajstić information content (AvgIpc) is 2.15. The van der Waals surface area contributed by atoms with Crippen molar-refractivity contribution in [3.05, 3.63) is 25.3 Å². The Morgan fingerprint density at radius 3 is 2.33 bits per heavy atom. The highest BCUT2D eigenvalue weighted by Crippen LogP contribution is 2.45. The normalized spacial score (nSPS) is 10.1. The third kappa shape index (κ3) is 5.93. The fourth-order valence-electron chi connectivity index (χ4n) is 1.08. The van der Waals surface area contributed by atoms with Gasteiger partial charge < -0.3 is 9.30 Å². The minimum atomic E-state index is -2.59. The number of esters is 1. The Morgan fingerprint density at radius 1 is 1.40 bits per heavy atom. The maximum Gasteiger partial charge on any atom is 0.314 e. The van der Waals surface area contributed by atoms with Crippen LogP contribution in [0.5, 0.6) is 0 Å². The molecule has 0 aromatic rings. The summed E-state index contributed by atoms with van der Waals surface area (Å²) in [6, 6.07) is 0. The van der Waals surface area contributed by atoms with E-state index in [2.05, 4.69) is 23.8 Å². The molecular formula is C11H15O3P. The molecule has 15 heavy (non-hydrogen) atoms. The topological polar surface area (TPSA) is 43.4 Å². The number of ether oxygens (including phenoxy) is 1. The fraction of sp³-hybridized carbons (Fsp3) is 0.364. The van der Waals surface area contributed by atoms with E-state index < -0.39 is 13.1 Å². The number of rotatable bonds is 7. The van der Waals surface area contributed by atoms with Crippen molar-refractivity contribution in [3.63, 3.8) is 0 Å². The van der Waals surface area contributed by atoms with Gasteiger partial charge in [-0.25, -0.2) is 0 Å². The van der Waals surface area contributed by atoms with E-state index in [0.29, 0.717) is 12.3 Å². The van der Waals surface area contributed by atoms with Gasteiger partial charge in [0.05, 0.1) is 6.16 Å². The molecule has 0 atom stereocenters. The lowest BCUT2D eigenvalue weighted by atomic mass is 10.7. The molecule has 0 saturated carbocycles. The molecule has 4 heteroatoms. The molecule has 0 saturated heterocycles. The predicted octanol–water partition coefficient (Wildman–Crippen LogP) is 1.90. The first-order chi connectivity index (χ1) is 7.08. The van der Waals surface area contributed by atoms with Crippen LogP contribution in [0.2, 0.25) is 0 Å². The van der Waals surface area contributed by atoms with E-state index in [9.17, 15) is 9.36 Å². The van der Waals surface area contributed by atoms with E-state index in [1.807, 2.05) is 0 Å². The minimum Gasteiger partial charge on any atom is -0.452 e. The highest BCUT2D eigenvalue weighted by molar-refractivity contribution is 7.65. The summed E-state index contributed by atoms with van der Waals surface area (Å²) in [6.45, 7) is 6.93. The molecule has 0 N–H and O–H groups in total. The second-order valence-electron chi connectivity index (χ2n) is 3.02. The number of hydrogen-bond donors (Lipinski definition) is 0. The van der Waals surface area contributed by atoms with Crippen LogP contribution in [0.4, 0.5) is 0 Å². The first kappa shape index (κ1) is 13.7. The molecule has 0 aromatic heterocycles. The molecule has 0 heterocycles. The van der Waals surface area contributed by atoms with E-state index >= 15 is 0 Å². The van der Waals surface area contributed by atoms with Gasteiger partial charge in [0.1, 0.15) is 7.14 Å². The molecule has 0 amide bonds. The summed E-state index contributed by atoms with van der Waals surface area (Å²) < 4.78 is 16.8. The van der Waals surface area contributed by atoms with Gasteiger partial charge in [-0.1, -0.05) is 18.1 Å². The van der Waals surface area contributed by atoms with Crippen LogP contribution in [0.3, 0.4) is 0 Å². The van der Waals surface area contributed by atoms with Crippen LogP contribution in [0.25, 0.3) is 0 Å². The molecule has 82 valence electrons. The molecule has 0 aliphatic rings. The van der Waals surface area contributed by atoms with Crippen molar-refractivity contribution in [2.75, 3.05) is 25.1 Å². The summed E-state index contributed by atoms with van der Waals surface area (Å²) in [7, 11) is -2.59. The molecule has 0 bridgehead atoms. The molecule has 0 spiro atoms. The van der Waals surface area contributed by atoms with Crippen molar-refractivity contribution in [1.29, 1.82) is 0 Å². The zero-order valence-corrected chi connectivity index (χ0v) is 9.54. The fourth-order valence-corrected chi connectivity index (χ4v) is 2.99. The highest BCUT2D eigenvalue weighted by atomic mass is 31.2. The van der Waals surface area contributed by atoms with Gasteiger partial charge in [0.25, 0.3) is 0 Å². The Labute approximate surface area is 90.6 Å². The lowest BCUT2D eigenvalue weighted by Gasteiger charge is -2.12. The predicted molar refractivity (Wildman–Crippen MR) is 62.4 cm³/mol. The Morgan fingerprint density at radius 2 is 1.93 bits per heavy atom. The lowest BCUT2D eigenvalue weighted by Crippen LogP contribution is -2.12. The van der Waals surface area contributed by atoms with Crippen molar-refractivity contribution < 1.29 is 14.1 Å². The van der Waals surface area contributed by atoms with Gasteiger partial charge in [0.15, 0.2) is 6.61 Å². The van der Waals surface area contributed by atoms with E-state index in [1.165, 1.54) is 0 Å². The molecular weight excluding hydrogens is 211 g/mol. The quantitative estimate of drug-likeness (QED) is 0.288. The Bertz CT molecular complexity index is 311. The standard InChI is InChI=1S/C11H15O3P/c1-4-7-14-11(12)10-15(13,8-5-2)9-6-3/h1,5-6H,2-3,7-10H2. The highest BCUT2D eigenvalue weighted by Gasteiger charge is 2.23. The maximum atomic E-state index is 12.1. The largest absolute Gasteiger partial charge is 0.452 e. The van der Waals surface area contributed by atoms with E-state index in [4.69, 9.17) is 6.42 Å². The number of hydrogen-bond acceptors (Lipinski definition) is 3. The Balaban J connectivity index is 4.34. The van der Waals surface area contributed by atoms with Crippen molar-refractivity contribution in [1.82, 2.24) is 0 Å². The van der Waals surface area contributed by atoms with Crippen LogP contribution in [-0.4, -0.2) is 31.1 Å². The summed E-state index contributed by atoms with van der Waals surface area (Å²) in [4.78, 5) is 11.2. The molecule has 0 unspecified atom stereocenters. The van der Waals surface area contributed by atoms with Gasteiger partial charge in [-0.2, -0.15) is 0 Å². The van der Waals surface area contributed by atoms with Gasteiger partial charge in [-0.15, -0.1) is 19.6 Å². The molecule has 0 radical (unpaired) electrons. The smallest absolute Gasteiger partial charge is 0.314 e. The lowest BCUT2D eigenvalue weighted by molar-refractivity contribution is -0.139. The molecule has 0 rings (SSSR count). The summed E-state index contributed by atoms with van der Waals surface area (Å²) in [6.07, 6.45) is 8.53. The van der Waals surface area contributed by atoms with E-state index in [0.717, 1.165) is 0 Å². The van der Waals surface area contributed by atoms with Crippen LogP contribution >= 0.6 is 7.14 Å². The molecule has 0 aliphatic carbocycles. The van der Waals surface area contributed by atoms with Crippen molar-refractivity contribution >= 4 is 13.1 Å². The van der Waals surface area contributed by atoms with Gasteiger partial charge >= 0.3 is 5.97 Å². The van der Waals surface area contributed by atoms with Crippen LogP contribution in [0.15, 0.2) is 25.3 Å². The van der Waals surface area contributed by atoms with Crippen LogP contribution in [0, 0.1) is 12.3 Å². The monoisotopic (exact) mass is 226 g/mol. The van der Waals surface area contributed by atoms with Crippen LogP contribution in [0.1, 0.15) is 0 Å². The SMILES string of the molecule is C#CCOC(=O)CP(=O)(CC=C)CC=C.